The van der Waals surface area contributed by atoms with Crippen molar-refractivity contribution in [1.29, 1.82) is 0 Å². The number of rotatable bonds is 3. The molecule has 1 saturated heterocycles. The average molecular weight is 294 g/mol. The molecule has 21 heavy (non-hydrogen) atoms. The van der Waals surface area contributed by atoms with Gasteiger partial charge in [-0.25, -0.2) is 13.6 Å². The van der Waals surface area contributed by atoms with E-state index in [9.17, 15) is 13.6 Å². The Hall–Kier alpha value is -2.13. The number of hydrogen-bond acceptors (Lipinski definition) is 2. The molecule has 0 bridgehead atoms. The Morgan fingerprint density at radius 1 is 1.52 bits per heavy atom. The Kier molecular flexibility index (Phi) is 4.76. The Morgan fingerprint density at radius 2 is 2.19 bits per heavy atom. The lowest BCUT2D eigenvalue weighted by Gasteiger charge is -2.21. The van der Waals surface area contributed by atoms with Crippen molar-refractivity contribution in [2.45, 2.75) is 18.9 Å². The SMILES string of the molecule is C#Cc1cc(F)c(NC(=O)N(C)C[C@H]2CCCO2)c(F)c1. The number of anilines is 1. The molecule has 1 atom stereocenters. The molecule has 0 saturated carbocycles. The summed E-state index contributed by atoms with van der Waals surface area (Å²) in [4.78, 5) is 13.3. The van der Waals surface area contributed by atoms with Crippen LogP contribution in [0.5, 0.6) is 0 Å². The minimum absolute atomic E-state index is 0.0285. The van der Waals surface area contributed by atoms with Gasteiger partial charge in [0.25, 0.3) is 0 Å². The van der Waals surface area contributed by atoms with Gasteiger partial charge in [-0.3, -0.25) is 0 Å². The van der Waals surface area contributed by atoms with Crippen molar-refractivity contribution in [1.82, 2.24) is 4.90 Å². The maximum Gasteiger partial charge on any atom is 0.321 e. The highest BCUT2D eigenvalue weighted by atomic mass is 19.1. The summed E-state index contributed by atoms with van der Waals surface area (Å²) in [7, 11) is 1.54. The molecule has 1 aromatic rings. The first-order chi connectivity index (χ1) is 10.0. The molecule has 6 heteroatoms. The van der Waals surface area contributed by atoms with Gasteiger partial charge >= 0.3 is 6.03 Å². The monoisotopic (exact) mass is 294 g/mol. The molecule has 1 aliphatic rings. The summed E-state index contributed by atoms with van der Waals surface area (Å²) < 4.78 is 32.9. The van der Waals surface area contributed by atoms with E-state index in [-0.39, 0.29) is 11.7 Å². The van der Waals surface area contributed by atoms with Crippen molar-refractivity contribution in [3.8, 4) is 12.3 Å². The van der Waals surface area contributed by atoms with Crippen LogP contribution in [0.15, 0.2) is 12.1 Å². The van der Waals surface area contributed by atoms with E-state index in [2.05, 4.69) is 11.2 Å². The number of carbonyl (C=O) groups excluding carboxylic acids is 1. The molecule has 1 N–H and O–H groups in total. The second kappa shape index (κ2) is 6.55. The molecule has 1 fully saturated rings. The van der Waals surface area contributed by atoms with Crippen LogP contribution in [0, 0.1) is 24.0 Å². The van der Waals surface area contributed by atoms with Gasteiger partial charge in [0, 0.05) is 25.8 Å². The number of amides is 2. The molecule has 0 unspecified atom stereocenters. The molecule has 0 aliphatic carbocycles. The molecule has 2 amide bonds. The number of terminal acetylenes is 1. The fraction of sp³-hybridized carbons (Fsp3) is 0.400. The van der Waals surface area contributed by atoms with Gasteiger partial charge < -0.3 is 15.0 Å². The summed E-state index contributed by atoms with van der Waals surface area (Å²) in [6.07, 6.45) is 6.88. The third-order valence-electron chi connectivity index (χ3n) is 3.29. The zero-order chi connectivity index (χ0) is 15.4. The van der Waals surface area contributed by atoms with E-state index in [1.165, 1.54) is 4.90 Å². The number of urea groups is 1. The summed E-state index contributed by atoms with van der Waals surface area (Å²) in [6.45, 7) is 1.05. The lowest BCUT2D eigenvalue weighted by molar-refractivity contribution is 0.0894. The number of benzene rings is 1. The molecule has 112 valence electrons. The van der Waals surface area contributed by atoms with E-state index < -0.39 is 23.4 Å². The van der Waals surface area contributed by atoms with Crippen LogP contribution in [-0.4, -0.2) is 37.2 Å². The first-order valence-corrected chi connectivity index (χ1v) is 6.60. The third kappa shape index (κ3) is 3.70. The molecule has 1 heterocycles. The van der Waals surface area contributed by atoms with Crippen molar-refractivity contribution in [3.05, 3.63) is 29.3 Å². The quantitative estimate of drug-likeness (QED) is 0.871. The second-order valence-electron chi connectivity index (χ2n) is 4.90. The molecule has 0 radical (unpaired) electrons. The van der Waals surface area contributed by atoms with E-state index in [0.717, 1.165) is 25.0 Å². The number of nitrogens with zero attached hydrogens (tertiary/aromatic N) is 1. The Bertz CT molecular complexity index is 555. The van der Waals surface area contributed by atoms with E-state index in [1.54, 1.807) is 7.05 Å². The standard InChI is InChI=1S/C15H16F2N2O2/c1-3-10-7-12(16)14(13(17)8-10)18-15(20)19(2)9-11-5-4-6-21-11/h1,7-8,11H,4-6,9H2,2H3,(H,18,20)/t11-/m1/s1. The van der Waals surface area contributed by atoms with Crippen LogP contribution >= 0.6 is 0 Å². The van der Waals surface area contributed by atoms with Crippen LogP contribution in [0.4, 0.5) is 19.3 Å². The smallest absolute Gasteiger partial charge is 0.321 e. The Balaban J connectivity index is 2.03. The number of hydrogen-bond donors (Lipinski definition) is 1. The number of ether oxygens (including phenoxy) is 1. The fourth-order valence-corrected chi connectivity index (χ4v) is 2.15. The van der Waals surface area contributed by atoms with Crippen molar-refractivity contribution < 1.29 is 18.3 Å². The van der Waals surface area contributed by atoms with Gasteiger partial charge in [0.15, 0.2) is 11.6 Å². The number of halogens is 2. The zero-order valence-corrected chi connectivity index (χ0v) is 11.7. The predicted octanol–water partition coefficient (Wildman–Crippen LogP) is 2.59. The largest absolute Gasteiger partial charge is 0.376 e. The molecule has 0 aromatic heterocycles. The summed E-state index contributed by atoms with van der Waals surface area (Å²) in [5, 5.41) is 2.22. The zero-order valence-electron chi connectivity index (χ0n) is 11.7. The maximum atomic E-state index is 13.7. The fourth-order valence-electron chi connectivity index (χ4n) is 2.15. The molecule has 2 rings (SSSR count). The highest BCUT2D eigenvalue weighted by Gasteiger charge is 2.21. The number of likely N-dealkylation sites (N-methyl/N-ethyl adjacent to an activating group) is 1. The minimum Gasteiger partial charge on any atom is -0.376 e. The summed E-state index contributed by atoms with van der Waals surface area (Å²) in [6, 6.07) is 1.40. The van der Waals surface area contributed by atoms with Gasteiger partial charge in [-0.15, -0.1) is 6.42 Å². The Morgan fingerprint density at radius 3 is 2.71 bits per heavy atom. The van der Waals surface area contributed by atoms with Gasteiger partial charge in [0.2, 0.25) is 0 Å². The predicted molar refractivity (Wildman–Crippen MR) is 74.9 cm³/mol. The van der Waals surface area contributed by atoms with Crippen LogP contribution in [-0.2, 0) is 4.74 Å². The first-order valence-electron chi connectivity index (χ1n) is 6.60. The molecular formula is C15H16F2N2O2. The van der Waals surface area contributed by atoms with E-state index in [1.807, 2.05) is 0 Å². The molecule has 0 spiro atoms. The van der Waals surface area contributed by atoms with E-state index in [4.69, 9.17) is 11.2 Å². The topological polar surface area (TPSA) is 41.6 Å². The van der Waals surface area contributed by atoms with Gasteiger partial charge in [-0.05, 0) is 25.0 Å². The van der Waals surface area contributed by atoms with Crippen LogP contribution in [0.3, 0.4) is 0 Å². The van der Waals surface area contributed by atoms with Crippen LogP contribution < -0.4 is 5.32 Å². The third-order valence-corrected chi connectivity index (χ3v) is 3.29. The highest BCUT2D eigenvalue weighted by molar-refractivity contribution is 5.89. The molecule has 4 nitrogen and oxygen atoms in total. The van der Waals surface area contributed by atoms with Gasteiger partial charge in [0.05, 0.1) is 6.10 Å². The van der Waals surface area contributed by atoms with Crippen LogP contribution in [0.25, 0.3) is 0 Å². The highest BCUT2D eigenvalue weighted by Crippen LogP contribution is 2.21. The normalized spacial score (nSPS) is 17.3. The molecule has 1 aliphatic heterocycles. The van der Waals surface area contributed by atoms with Gasteiger partial charge in [0.1, 0.15) is 5.69 Å². The number of nitrogens with one attached hydrogen (secondary N) is 1. The van der Waals surface area contributed by atoms with Crippen molar-refractivity contribution >= 4 is 11.7 Å². The maximum absolute atomic E-state index is 13.7. The lowest BCUT2D eigenvalue weighted by Crippen LogP contribution is -2.37. The average Bonchev–Trinajstić information content (AvgIpc) is 2.95. The van der Waals surface area contributed by atoms with Crippen LogP contribution in [0.2, 0.25) is 0 Å². The van der Waals surface area contributed by atoms with Gasteiger partial charge in [-0.2, -0.15) is 0 Å². The van der Waals surface area contributed by atoms with Crippen molar-refractivity contribution in [3.63, 3.8) is 0 Å². The molecule has 1 aromatic carbocycles. The van der Waals surface area contributed by atoms with Crippen molar-refractivity contribution in [2.24, 2.45) is 0 Å². The minimum atomic E-state index is -0.901. The van der Waals surface area contributed by atoms with Crippen molar-refractivity contribution in [2.75, 3.05) is 25.5 Å². The second-order valence-corrected chi connectivity index (χ2v) is 4.90. The summed E-state index contributed by atoms with van der Waals surface area (Å²) in [5.41, 5.74) is -0.422. The summed E-state index contributed by atoms with van der Waals surface area (Å²) >= 11 is 0. The lowest BCUT2D eigenvalue weighted by atomic mass is 10.2. The van der Waals surface area contributed by atoms with E-state index in [0.29, 0.717) is 13.2 Å². The van der Waals surface area contributed by atoms with Gasteiger partial charge in [-0.1, -0.05) is 5.92 Å². The molecular weight excluding hydrogens is 278 g/mol. The van der Waals surface area contributed by atoms with E-state index >= 15 is 0 Å². The Labute approximate surface area is 122 Å². The van der Waals surface area contributed by atoms with Crippen LogP contribution in [0.1, 0.15) is 18.4 Å². The number of carbonyl (C=O) groups is 1. The first kappa shape index (κ1) is 15.3. The summed E-state index contributed by atoms with van der Waals surface area (Å²) in [5.74, 6) is 0.338.